The molecule has 0 fully saturated rings. The Morgan fingerprint density at radius 3 is 2.46 bits per heavy atom. The van der Waals surface area contributed by atoms with Gasteiger partial charge in [0, 0.05) is 5.39 Å². The number of hydrogen-bond acceptors (Lipinski definition) is 5. The number of aromatic nitrogens is 2. The summed E-state index contributed by atoms with van der Waals surface area (Å²) < 4.78 is 19.4. The zero-order valence-electron chi connectivity index (χ0n) is 15.1. The van der Waals surface area contributed by atoms with Crippen molar-refractivity contribution < 1.29 is 9.13 Å². The number of rotatable bonds is 5. The van der Waals surface area contributed by atoms with E-state index in [0.717, 1.165) is 16.7 Å². The summed E-state index contributed by atoms with van der Waals surface area (Å²) in [6, 6.07) is 21.5. The average molecular weight is 372 g/mol. The molecule has 28 heavy (non-hydrogen) atoms. The fourth-order valence-corrected chi connectivity index (χ4v) is 2.78. The molecule has 3 aromatic carbocycles. The number of nitrogens with zero attached hydrogens (tertiary/aromatic N) is 3. The van der Waals surface area contributed by atoms with E-state index in [1.165, 1.54) is 6.07 Å². The van der Waals surface area contributed by atoms with E-state index in [1.807, 2.05) is 48.5 Å². The Bertz CT molecular complexity index is 1140. The van der Waals surface area contributed by atoms with Gasteiger partial charge in [0.1, 0.15) is 11.6 Å². The molecule has 0 radical (unpaired) electrons. The molecule has 0 atom stereocenters. The molecule has 4 rings (SSSR count). The van der Waals surface area contributed by atoms with Crippen LogP contribution in [0.25, 0.3) is 22.3 Å². The molecule has 0 bridgehead atoms. The maximum atomic E-state index is 14.2. The molecule has 1 heterocycles. The van der Waals surface area contributed by atoms with E-state index >= 15 is 0 Å². The number of methoxy groups -OCH3 is 1. The highest BCUT2D eigenvalue weighted by molar-refractivity contribution is 5.91. The van der Waals surface area contributed by atoms with Crippen LogP contribution in [0.1, 0.15) is 5.56 Å². The highest BCUT2D eigenvalue weighted by Gasteiger charge is 2.11. The third kappa shape index (κ3) is 3.66. The van der Waals surface area contributed by atoms with Gasteiger partial charge in [-0.2, -0.15) is 5.10 Å². The molecule has 0 spiro atoms. The molecule has 6 heteroatoms. The molecule has 4 aromatic rings. The quantitative estimate of drug-likeness (QED) is 0.400. The minimum Gasteiger partial charge on any atom is -0.497 e. The number of benzene rings is 3. The number of nitrogens with one attached hydrogen (secondary N) is 1. The van der Waals surface area contributed by atoms with Crippen molar-refractivity contribution in [2.24, 2.45) is 5.10 Å². The summed E-state index contributed by atoms with van der Waals surface area (Å²) in [4.78, 5) is 8.99. The molecule has 0 aliphatic rings. The van der Waals surface area contributed by atoms with Crippen molar-refractivity contribution in [2.75, 3.05) is 12.5 Å². The van der Waals surface area contributed by atoms with E-state index in [9.17, 15) is 4.39 Å². The molecule has 0 saturated carbocycles. The van der Waals surface area contributed by atoms with Gasteiger partial charge in [-0.05, 0) is 54.1 Å². The van der Waals surface area contributed by atoms with Crippen LogP contribution in [0.4, 0.5) is 10.2 Å². The van der Waals surface area contributed by atoms with Gasteiger partial charge in [-0.3, -0.25) is 5.43 Å². The van der Waals surface area contributed by atoms with Gasteiger partial charge in [0.05, 0.1) is 24.4 Å². The molecule has 1 N–H and O–H groups in total. The predicted molar refractivity (Wildman–Crippen MR) is 109 cm³/mol. The van der Waals surface area contributed by atoms with Crippen molar-refractivity contribution in [3.63, 3.8) is 0 Å². The third-order valence-electron chi connectivity index (χ3n) is 4.22. The SMILES string of the molecule is COc1ccc(C=NNc2nc(-c3ccccc3F)nc3ccccc23)cc1. The second kappa shape index (κ2) is 7.84. The topological polar surface area (TPSA) is 59.4 Å². The molecule has 1 aromatic heterocycles. The average Bonchev–Trinajstić information content (AvgIpc) is 2.74. The Balaban J connectivity index is 1.69. The van der Waals surface area contributed by atoms with Crippen molar-refractivity contribution in [1.82, 2.24) is 9.97 Å². The van der Waals surface area contributed by atoms with Gasteiger partial charge in [-0.15, -0.1) is 0 Å². The maximum Gasteiger partial charge on any atom is 0.165 e. The van der Waals surface area contributed by atoms with Crippen molar-refractivity contribution in [3.8, 4) is 17.1 Å². The number of para-hydroxylation sites is 1. The molecule has 138 valence electrons. The Hall–Kier alpha value is -3.80. The summed E-state index contributed by atoms with van der Waals surface area (Å²) in [6.45, 7) is 0. The highest BCUT2D eigenvalue weighted by Crippen LogP contribution is 2.26. The molecule has 0 aliphatic heterocycles. The van der Waals surface area contributed by atoms with Crippen LogP contribution in [-0.2, 0) is 0 Å². The monoisotopic (exact) mass is 372 g/mol. The summed E-state index contributed by atoms with van der Waals surface area (Å²) in [6.07, 6.45) is 1.68. The third-order valence-corrected chi connectivity index (χ3v) is 4.22. The Morgan fingerprint density at radius 2 is 1.68 bits per heavy atom. The first-order valence-electron chi connectivity index (χ1n) is 8.69. The second-order valence-electron chi connectivity index (χ2n) is 6.04. The zero-order chi connectivity index (χ0) is 19.3. The second-order valence-corrected chi connectivity index (χ2v) is 6.04. The van der Waals surface area contributed by atoms with Gasteiger partial charge in [-0.1, -0.05) is 24.3 Å². The predicted octanol–water partition coefficient (Wildman–Crippen LogP) is 4.89. The molecular weight excluding hydrogens is 355 g/mol. The van der Waals surface area contributed by atoms with Crippen LogP contribution in [-0.4, -0.2) is 23.3 Å². The Labute approximate surface area is 161 Å². The molecular formula is C22H17FN4O. The van der Waals surface area contributed by atoms with Crippen LogP contribution < -0.4 is 10.2 Å². The summed E-state index contributed by atoms with van der Waals surface area (Å²) in [5.74, 6) is 1.22. The van der Waals surface area contributed by atoms with E-state index in [4.69, 9.17) is 4.74 Å². The molecule has 0 saturated heterocycles. The molecule has 0 aliphatic carbocycles. The molecule has 5 nitrogen and oxygen atoms in total. The number of hydrogen-bond donors (Lipinski definition) is 1. The van der Waals surface area contributed by atoms with Crippen LogP contribution in [0.2, 0.25) is 0 Å². The van der Waals surface area contributed by atoms with Crippen molar-refractivity contribution in [1.29, 1.82) is 0 Å². The lowest BCUT2D eigenvalue weighted by atomic mass is 10.1. The van der Waals surface area contributed by atoms with Gasteiger partial charge in [0.25, 0.3) is 0 Å². The lowest BCUT2D eigenvalue weighted by Gasteiger charge is -2.08. The van der Waals surface area contributed by atoms with Crippen molar-refractivity contribution in [3.05, 3.63) is 84.2 Å². The van der Waals surface area contributed by atoms with Crippen molar-refractivity contribution in [2.45, 2.75) is 0 Å². The normalized spacial score (nSPS) is 11.1. The largest absolute Gasteiger partial charge is 0.497 e. The summed E-state index contributed by atoms with van der Waals surface area (Å²) in [7, 11) is 1.62. The van der Waals surface area contributed by atoms with Gasteiger partial charge in [0.2, 0.25) is 0 Å². The minimum atomic E-state index is -0.370. The first kappa shape index (κ1) is 17.6. The number of halogens is 1. The van der Waals surface area contributed by atoms with Gasteiger partial charge in [0.15, 0.2) is 11.6 Å². The Kier molecular flexibility index (Phi) is 4.93. The first-order chi connectivity index (χ1) is 13.7. The molecule has 0 amide bonds. The Morgan fingerprint density at radius 1 is 0.929 bits per heavy atom. The van der Waals surface area contributed by atoms with E-state index < -0.39 is 0 Å². The maximum absolute atomic E-state index is 14.2. The summed E-state index contributed by atoms with van der Waals surface area (Å²) in [5, 5.41) is 5.08. The molecule has 0 unspecified atom stereocenters. The van der Waals surface area contributed by atoms with Crippen LogP contribution in [0, 0.1) is 5.82 Å². The van der Waals surface area contributed by atoms with E-state index in [0.29, 0.717) is 22.7 Å². The van der Waals surface area contributed by atoms with Crippen LogP contribution in [0.3, 0.4) is 0 Å². The number of fused-ring (bicyclic) bond motifs is 1. The smallest absolute Gasteiger partial charge is 0.165 e. The van der Waals surface area contributed by atoms with Gasteiger partial charge in [-0.25, -0.2) is 14.4 Å². The first-order valence-corrected chi connectivity index (χ1v) is 8.69. The van der Waals surface area contributed by atoms with E-state index in [-0.39, 0.29) is 5.82 Å². The highest BCUT2D eigenvalue weighted by atomic mass is 19.1. The summed E-state index contributed by atoms with van der Waals surface area (Å²) >= 11 is 0. The number of ether oxygens (including phenoxy) is 1. The van der Waals surface area contributed by atoms with Crippen LogP contribution in [0.15, 0.2) is 77.9 Å². The van der Waals surface area contributed by atoms with Gasteiger partial charge < -0.3 is 4.74 Å². The standard InChI is InChI=1S/C22H17FN4O/c1-28-16-12-10-15(11-13-16)14-24-27-22-18-7-3-5-9-20(18)25-21(26-22)17-6-2-4-8-19(17)23/h2-14H,1H3,(H,25,26,27). The lowest BCUT2D eigenvalue weighted by Crippen LogP contribution is -2.00. The fraction of sp³-hybridized carbons (Fsp3) is 0.0455. The lowest BCUT2D eigenvalue weighted by molar-refractivity contribution is 0.415. The zero-order valence-corrected chi connectivity index (χ0v) is 15.1. The summed E-state index contributed by atoms with van der Waals surface area (Å²) in [5.41, 5.74) is 4.91. The van der Waals surface area contributed by atoms with Crippen LogP contribution in [0.5, 0.6) is 5.75 Å². The fourth-order valence-electron chi connectivity index (χ4n) is 2.78. The van der Waals surface area contributed by atoms with E-state index in [2.05, 4.69) is 20.5 Å². The van der Waals surface area contributed by atoms with Crippen LogP contribution >= 0.6 is 0 Å². The number of hydrazone groups is 1. The van der Waals surface area contributed by atoms with Gasteiger partial charge >= 0.3 is 0 Å². The number of anilines is 1. The van der Waals surface area contributed by atoms with E-state index in [1.54, 1.807) is 31.5 Å². The van der Waals surface area contributed by atoms with Crippen molar-refractivity contribution >= 4 is 22.9 Å². The minimum absolute atomic E-state index is 0.305.